The van der Waals surface area contributed by atoms with Gasteiger partial charge in [-0.3, -0.25) is 4.79 Å². The van der Waals surface area contributed by atoms with E-state index < -0.39 is 18.1 Å². The second-order valence-electron chi connectivity index (χ2n) is 3.04. The van der Waals surface area contributed by atoms with Crippen LogP contribution in [0.15, 0.2) is 10.6 Å². The Hall–Kier alpha value is -1.46. The molecule has 0 atom stereocenters. The molecule has 0 aromatic carbocycles. The molecule has 0 fully saturated rings. The summed E-state index contributed by atoms with van der Waals surface area (Å²) in [6.07, 6.45) is -2.75. The summed E-state index contributed by atoms with van der Waals surface area (Å²) in [5, 5.41) is 5.73. The molecule has 0 unspecified atom stereocenters. The lowest BCUT2D eigenvalue weighted by molar-refractivity contribution is 0.0928. The Morgan fingerprint density at radius 2 is 2.21 bits per heavy atom. The van der Waals surface area contributed by atoms with Gasteiger partial charge < -0.3 is 9.84 Å². The highest BCUT2D eigenvalue weighted by molar-refractivity contribution is 5.92. The molecule has 0 spiro atoms. The number of rotatable bonds is 3. The molecule has 78 valence electrons. The number of hydrogen-bond donors (Lipinski definition) is 1. The van der Waals surface area contributed by atoms with Gasteiger partial charge in [0.05, 0.1) is 0 Å². The van der Waals surface area contributed by atoms with E-state index in [4.69, 9.17) is 0 Å². The van der Waals surface area contributed by atoms with E-state index in [1.165, 1.54) is 0 Å². The van der Waals surface area contributed by atoms with E-state index in [9.17, 15) is 13.6 Å². The molecular weight excluding hydrogens is 194 g/mol. The van der Waals surface area contributed by atoms with Crippen LogP contribution in [0.2, 0.25) is 0 Å². The topological polar surface area (TPSA) is 55.1 Å². The zero-order chi connectivity index (χ0) is 10.7. The molecule has 1 amide bonds. The summed E-state index contributed by atoms with van der Waals surface area (Å²) in [6, 6.07) is 0.858. The van der Waals surface area contributed by atoms with Gasteiger partial charge in [-0.15, -0.1) is 0 Å². The fourth-order valence-corrected chi connectivity index (χ4v) is 0.835. The number of carbonyl (C=O) groups is 1. The molecule has 0 saturated heterocycles. The van der Waals surface area contributed by atoms with Crippen LogP contribution in [0.1, 0.15) is 36.5 Å². The summed E-state index contributed by atoms with van der Waals surface area (Å²) < 4.78 is 28.3. The van der Waals surface area contributed by atoms with Crippen molar-refractivity contribution in [1.29, 1.82) is 0 Å². The number of alkyl halides is 2. The predicted molar refractivity (Wildman–Crippen MR) is 44.1 cm³/mol. The van der Waals surface area contributed by atoms with Crippen molar-refractivity contribution in [2.45, 2.75) is 26.3 Å². The molecule has 14 heavy (non-hydrogen) atoms. The van der Waals surface area contributed by atoms with Gasteiger partial charge in [0.25, 0.3) is 12.3 Å². The number of halogens is 2. The van der Waals surface area contributed by atoms with Crippen LogP contribution in [-0.2, 0) is 0 Å². The lowest BCUT2D eigenvalue weighted by atomic mass is 10.3. The minimum atomic E-state index is -2.75. The summed E-state index contributed by atoms with van der Waals surface area (Å²) in [6.45, 7) is 3.51. The molecule has 0 bridgehead atoms. The van der Waals surface area contributed by atoms with Gasteiger partial charge in [-0.25, -0.2) is 8.78 Å². The number of nitrogens with zero attached hydrogens (tertiary/aromatic N) is 1. The van der Waals surface area contributed by atoms with Crippen LogP contribution in [-0.4, -0.2) is 17.1 Å². The van der Waals surface area contributed by atoms with Gasteiger partial charge in [0, 0.05) is 12.1 Å². The third-order valence-corrected chi connectivity index (χ3v) is 1.40. The zero-order valence-corrected chi connectivity index (χ0v) is 7.75. The van der Waals surface area contributed by atoms with E-state index in [1.54, 1.807) is 13.8 Å². The monoisotopic (exact) mass is 204 g/mol. The normalized spacial score (nSPS) is 11.0. The van der Waals surface area contributed by atoms with Crippen molar-refractivity contribution in [1.82, 2.24) is 10.5 Å². The molecule has 6 heteroatoms. The highest BCUT2D eigenvalue weighted by atomic mass is 19.3. The van der Waals surface area contributed by atoms with E-state index >= 15 is 0 Å². The van der Waals surface area contributed by atoms with E-state index in [0.717, 1.165) is 6.07 Å². The van der Waals surface area contributed by atoms with Crippen molar-refractivity contribution in [2.75, 3.05) is 0 Å². The van der Waals surface area contributed by atoms with Crippen LogP contribution >= 0.6 is 0 Å². The maximum absolute atomic E-state index is 12.0. The molecule has 1 rings (SSSR count). The van der Waals surface area contributed by atoms with Gasteiger partial charge in [-0.2, -0.15) is 0 Å². The van der Waals surface area contributed by atoms with Gasteiger partial charge in [0.2, 0.25) is 5.76 Å². The third kappa shape index (κ3) is 2.51. The first-order valence-electron chi connectivity index (χ1n) is 4.06. The number of amides is 1. The molecule has 0 saturated carbocycles. The van der Waals surface area contributed by atoms with Gasteiger partial charge in [-0.1, -0.05) is 5.16 Å². The van der Waals surface area contributed by atoms with Crippen molar-refractivity contribution in [3.05, 3.63) is 17.5 Å². The minimum absolute atomic E-state index is 0.0748. The van der Waals surface area contributed by atoms with Gasteiger partial charge >= 0.3 is 0 Å². The summed E-state index contributed by atoms with van der Waals surface area (Å²) >= 11 is 0. The number of hydrogen-bond acceptors (Lipinski definition) is 3. The maximum atomic E-state index is 12.0. The van der Waals surface area contributed by atoms with Crippen molar-refractivity contribution >= 4 is 5.91 Å². The Bertz CT molecular complexity index is 323. The predicted octanol–water partition coefficient (Wildman–Crippen LogP) is 1.75. The van der Waals surface area contributed by atoms with Crippen LogP contribution in [0.3, 0.4) is 0 Å². The maximum Gasteiger partial charge on any atom is 0.298 e. The molecule has 1 heterocycles. The second kappa shape index (κ2) is 4.17. The smallest absolute Gasteiger partial charge is 0.298 e. The van der Waals surface area contributed by atoms with Crippen LogP contribution < -0.4 is 5.32 Å². The molecule has 4 nitrogen and oxygen atoms in total. The SMILES string of the molecule is CC(C)NC(=O)c1cc(C(F)F)on1. The van der Waals surface area contributed by atoms with Gasteiger partial charge in [0.1, 0.15) is 0 Å². The molecule has 0 aliphatic carbocycles. The molecule has 1 aromatic rings. The van der Waals surface area contributed by atoms with Crippen LogP contribution in [0, 0.1) is 0 Å². The van der Waals surface area contributed by atoms with E-state index in [0.29, 0.717) is 0 Å². The van der Waals surface area contributed by atoms with Crippen molar-refractivity contribution < 1.29 is 18.1 Å². The molecular formula is C8H10F2N2O2. The average Bonchev–Trinajstić information content (AvgIpc) is 2.50. The van der Waals surface area contributed by atoms with E-state index in [-0.39, 0.29) is 11.7 Å². The first kappa shape index (κ1) is 10.6. The van der Waals surface area contributed by atoms with E-state index in [1.807, 2.05) is 0 Å². The second-order valence-corrected chi connectivity index (χ2v) is 3.04. The van der Waals surface area contributed by atoms with Crippen LogP contribution in [0.5, 0.6) is 0 Å². The van der Waals surface area contributed by atoms with Crippen molar-refractivity contribution in [2.24, 2.45) is 0 Å². The van der Waals surface area contributed by atoms with Crippen LogP contribution in [0.4, 0.5) is 8.78 Å². The fraction of sp³-hybridized carbons (Fsp3) is 0.500. The average molecular weight is 204 g/mol. The molecule has 0 aliphatic heterocycles. The Morgan fingerprint density at radius 3 is 2.64 bits per heavy atom. The third-order valence-electron chi connectivity index (χ3n) is 1.40. The summed E-state index contributed by atoms with van der Waals surface area (Å²) in [4.78, 5) is 11.2. The quantitative estimate of drug-likeness (QED) is 0.815. The van der Waals surface area contributed by atoms with Crippen molar-refractivity contribution in [3.8, 4) is 0 Å². The van der Waals surface area contributed by atoms with Gasteiger partial charge in [0.15, 0.2) is 5.69 Å². The number of aromatic nitrogens is 1. The standard InChI is InChI=1S/C8H10F2N2O2/c1-4(2)11-8(13)5-3-6(7(9)10)14-12-5/h3-4,7H,1-2H3,(H,11,13). The highest BCUT2D eigenvalue weighted by Gasteiger charge is 2.18. The Morgan fingerprint density at radius 1 is 1.57 bits per heavy atom. The minimum Gasteiger partial charge on any atom is -0.354 e. The lowest BCUT2D eigenvalue weighted by Gasteiger charge is -2.04. The fourth-order valence-electron chi connectivity index (χ4n) is 0.835. The Kier molecular flexibility index (Phi) is 3.16. The number of carbonyl (C=O) groups excluding carboxylic acids is 1. The van der Waals surface area contributed by atoms with Gasteiger partial charge in [-0.05, 0) is 13.8 Å². The first-order valence-corrected chi connectivity index (χ1v) is 4.06. The molecule has 0 radical (unpaired) electrons. The molecule has 1 aromatic heterocycles. The van der Waals surface area contributed by atoms with Crippen molar-refractivity contribution in [3.63, 3.8) is 0 Å². The first-order chi connectivity index (χ1) is 6.50. The van der Waals surface area contributed by atoms with Crippen LogP contribution in [0.25, 0.3) is 0 Å². The van der Waals surface area contributed by atoms with E-state index in [2.05, 4.69) is 15.0 Å². The Balaban J connectivity index is 2.71. The molecule has 0 aliphatic rings. The molecule has 1 N–H and O–H groups in total. The summed E-state index contributed by atoms with van der Waals surface area (Å²) in [7, 11) is 0. The summed E-state index contributed by atoms with van der Waals surface area (Å²) in [5.74, 6) is -1.12. The largest absolute Gasteiger partial charge is 0.354 e. The summed E-state index contributed by atoms with van der Waals surface area (Å²) in [5.41, 5.74) is -0.131. The zero-order valence-electron chi connectivity index (χ0n) is 7.75. The Labute approximate surface area is 79.3 Å². The lowest BCUT2D eigenvalue weighted by Crippen LogP contribution is -2.30. The highest BCUT2D eigenvalue weighted by Crippen LogP contribution is 2.18. The number of nitrogens with one attached hydrogen (secondary N) is 1.